The molecule has 0 unspecified atom stereocenters. The zero-order valence-electron chi connectivity index (χ0n) is 20.1. The molecule has 3 aromatic rings. The molecule has 1 N–H and O–H groups in total. The van der Waals surface area contributed by atoms with Crippen molar-refractivity contribution in [3.05, 3.63) is 66.2 Å². The van der Waals surface area contributed by atoms with E-state index in [0.29, 0.717) is 29.1 Å². The van der Waals surface area contributed by atoms with Gasteiger partial charge in [-0.25, -0.2) is 4.39 Å². The van der Waals surface area contributed by atoms with E-state index in [-0.39, 0.29) is 36.5 Å². The lowest BCUT2D eigenvalue weighted by Crippen LogP contribution is -2.36. The first-order valence-corrected chi connectivity index (χ1v) is 12.3. The number of likely N-dealkylation sites (N-methyl/N-ethyl adjacent to an activating group) is 1. The summed E-state index contributed by atoms with van der Waals surface area (Å²) in [5.41, 5.74) is 0.468. The number of hydrogen-bond donors (Lipinski definition) is 1. The molecule has 8 nitrogen and oxygen atoms in total. The fourth-order valence-corrected chi connectivity index (χ4v) is 4.01. The quantitative estimate of drug-likeness (QED) is 0.375. The van der Waals surface area contributed by atoms with E-state index < -0.39 is 0 Å². The van der Waals surface area contributed by atoms with Crippen LogP contribution in [0.5, 0.6) is 5.75 Å². The van der Waals surface area contributed by atoms with Gasteiger partial charge in [-0.2, -0.15) is 0 Å². The Balaban J connectivity index is 1.56. The van der Waals surface area contributed by atoms with E-state index >= 15 is 0 Å². The number of carbonyl (C=O) groups is 2. The molecule has 0 aliphatic heterocycles. The van der Waals surface area contributed by atoms with Crippen molar-refractivity contribution in [1.29, 1.82) is 0 Å². The Bertz CT molecular complexity index is 1110. The zero-order chi connectivity index (χ0) is 25.2. The summed E-state index contributed by atoms with van der Waals surface area (Å²) >= 11 is 1.28. The molecule has 0 spiro atoms. The molecule has 0 bridgehead atoms. The van der Waals surface area contributed by atoms with Crippen LogP contribution in [0.25, 0.3) is 0 Å². The fraction of sp³-hybridized carbons (Fsp3) is 0.360. The highest BCUT2D eigenvalue weighted by molar-refractivity contribution is 7.99. The summed E-state index contributed by atoms with van der Waals surface area (Å²) in [5, 5.41) is 11.8. The molecule has 10 heteroatoms. The van der Waals surface area contributed by atoms with Crippen LogP contribution in [0.1, 0.15) is 26.1 Å². The lowest BCUT2D eigenvalue weighted by atomic mass is 10.1. The minimum absolute atomic E-state index is 0.111. The molecule has 0 aliphatic carbocycles. The third-order valence-electron chi connectivity index (χ3n) is 5.09. The van der Waals surface area contributed by atoms with Crippen LogP contribution in [-0.4, -0.2) is 50.8 Å². The minimum Gasteiger partial charge on any atom is -0.486 e. The number of nitrogens with one attached hydrogen (secondary N) is 1. The maximum absolute atomic E-state index is 13.0. The highest BCUT2D eigenvalue weighted by Gasteiger charge is 2.18. The van der Waals surface area contributed by atoms with Gasteiger partial charge in [0.2, 0.25) is 11.8 Å². The molecule has 0 saturated carbocycles. The summed E-state index contributed by atoms with van der Waals surface area (Å²) in [4.78, 5) is 26.2. The van der Waals surface area contributed by atoms with Crippen LogP contribution < -0.4 is 10.1 Å². The fourth-order valence-electron chi connectivity index (χ4n) is 3.08. The van der Waals surface area contributed by atoms with Crippen molar-refractivity contribution in [3.63, 3.8) is 0 Å². The Morgan fingerprint density at radius 3 is 2.51 bits per heavy atom. The first-order valence-electron chi connectivity index (χ1n) is 11.3. The standard InChI is InChI=1S/C25H30FN5O3S/c1-18(2)13-14-31-22(16-34-21-7-5-4-6-8-21)28-29-25(31)35-17-24(33)30(3)15-23(32)27-20-11-9-19(26)10-12-20/h4-12,18H,13-17H2,1-3H3,(H,27,32). The molecule has 0 aliphatic rings. The van der Waals surface area contributed by atoms with E-state index in [0.717, 1.165) is 12.2 Å². The summed E-state index contributed by atoms with van der Waals surface area (Å²) < 4.78 is 20.8. The van der Waals surface area contributed by atoms with E-state index in [1.54, 1.807) is 7.05 Å². The predicted molar refractivity (Wildman–Crippen MR) is 134 cm³/mol. The molecule has 3 rings (SSSR count). The molecular weight excluding hydrogens is 469 g/mol. The monoisotopic (exact) mass is 499 g/mol. The smallest absolute Gasteiger partial charge is 0.243 e. The number of nitrogens with zero attached hydrogens (tertiary/aromatic N) is 4. The van der Waals surface area contributed by atoms with E-state index in [4.69, 9.17) is 4.74 Å². The first-order chi connectivity index (χ1) is 16.8. The summed E-state index contributed by atoms with van der Waals surface area (Å²) in [6.45, 7) is 5.16. The van der Waals surface area contributed by atoms with Crippen LogP contribution in [0.15, 0.2) is 59.8 Å². The second-order valence-electron chi connectivity index (χ2n) is 8.43. The number of thioether (sulfide) groups is 1. The van der Waals surface area contributed by atoms with Gasteiger partial charge in [0, 0.05) is 19.3 Å². The van der Waals surface area contributed by atoms with E-state index in [1.807, 2.05) is 34.9 Å². The van der Waals surface area contributed by atoms with Gasteiger partial charge in [0.05, 0.1) is 12.3 Å². The minimum atomic E-state index is -0.386. The Morgan fingerprint density at radius 2 is 1.83 bits per heavy atom. The second-order valence-corrected chi connectivity index (χ2v) is 9.37. The normalized spacial score (nSPS) is 10.9. The van der Waals surface area contributed by atoms with Crippen molar-refractivity contribution in [2.45, 2.75) is 38.6 Å². The average molecular weight is 500 g/mol. The molecule has 2 amide bonds. The van der Waals surface area contributed by atoms with Gasteiger partial charge in [0.1, 0.15) is 18.2 Å². The van der Waals surface area contributed by atoms with Crippen molar-refractivity contribution in [2.75, 3.05) is 24.7 Å². The molecule has 0 saturated heterocycles. The Kier molecular flexibility index (Phi) is 9.66. The number of rotatable bonds is 12. The number of aromatic nitrogens is 3. The van der Waals surface area contributed by atoms with Gasteiger partial charge < -0.3 is 19.5 Å². The number of ether oxygens (including phenoxy) is 1. The molecule has 1 heterocycles. The molecule has 0 radical (unpaired) electrons. The zero-order valence-corrected chi connectivity index (χ0v) is 20.9. The van der Waals surface area contributed by atoms with Crippen LogP contribution in [0, 0.1) is 11.7 Å². The Hall–Kier alpha value is -3.40. The summed E-state index contributed by atoms with van der Waals surface area (Å²) in [7, 11) is 1.57. The highest BCUT2D eigenvalue weighted by Crippen LogP contribution is 2.20. The topological polar surface area (TPSA) is 89.3 Å². The van der Waals surface area contributed by atoms with Crippen molar-refractivity contribution in [1.82, 2.24) is 19.7 Å². The van der Waals surface area contributed by atoms with Gasteiger partial charge >= 0.3 is 0 Å². The number of amides is 2. The summed E-state index contributed by atoms with van der Waals surface area (Å²) in [5.74, 6) is 1.07. The van der Waals surface area contributed by atoms with Gasteiger partial charge in [-0.1, -0.05) is 43.8 Å². The SMILES string of the molecule is CC(C)CCn1c(COc2ccccc2)nnc1SCC(=O)N(C)CC(=O)Nc1ccc(F)cc1. The maximum Gasteiger partial charge on any atom is 0.243 e. The number of para-hydroxylation sites is 1. The van der Waals surface area contributed by atoms with Gasteiger partial charge in [-0.3, -0.25) is 9.59 Å². The lowest BCUT2D eigenvalue weighted by molar-refractivity contribution is -0.131. The van der Waals surface area contributed by atoms with Gasteiger partial charge in [0.25, 0.3) is 0 Å². The molecule has 1 aromatic heterocycles. The third-order valence-corrected chi connectivity index (χ3v) is 6.05. The third kappa shape index (κ3) is 8.40. The lowest BCUT2D eigenvalue weighted by Gasteiger charge is -2.17. The second kappa shape index (κ2) is 12.9. The van der Waals surface area contributed by atoms with E-state index in [2.05, 4.69) is 29.4 Å². The Morgan fingerprint density at radius 1 is 1.11 bits per heavy atom. The molecule has 0 fully saturated rings. The molecule has 2 aromatic carbocycles. The van der Waals surface area contributed by atoms with Crippen LogP contribution in [0.2, 0.25) is 0 Å². The number of halogens is 1. The summed E-state index contributed by atoms with van der Waals surface area (Å²) in [6, 6.07) is 14.9. The van der Waals surface area contributed by atoms with Crippen LogP contribution in [0.3, 0.4) is 0 Å². The van der Waals surface area contributed by atoms with Crippen LogP contribution in [-0.2, 0) is 22.7 Å². The predicted octanol–water partition coefficient (Wildman–Crippen LogP) is 4.23. The molecule has 35 heavy (non-hydrogen) atoms. The van der Waals surface area contributed by atoms with Crippen molar-refractivity contribution < 1.29 is 18.7 Å². The number of anilines is 1. The highest BCUT2D eigenvalue weighted by atomic mass is 32.2. The average Bonchev–Trinajstić information content (AvgIpc) is 3.23. The first kappa shape index (κ1) is 26.2. The van der Waals surface area contributed by atoms with Crippen molar-refractivity contribution in [2.24, 2.45) is 5.92 Å². The largest absolute Gasteiger partial charge is 0.486 e. The number of carbonyl (C=O) groups excluding carboxylic acids is 2. The van der Waals surface area contributed by atoms with E-state index in [1.165, 1.54) is 40.9 Å². The number of benzene rings is 2. The molecular formula is C25H30FN5O3S. The van der Waals surface area contributed by atoms with E-state index in [9.17, 15) is 14.0 Å². The van der Waals surface area contributed by atoms with Gasteiger partial charge in [-0.15, -0.1) is 10.2 Å². The van der Waals surface area contributed by atoms with Crippen LogP contribution in [0.4, 0.5) is 10.1 Å². The van der Waals surface area contributed by atoms with Crippen molar-refractivity contribution >= 4 is 29.3 Å². The van der Waals surface area contributed by atoms with Gasteiger partial charge in [-0.05, 0) is 48.7 Å². The van der Waals surface area contributed by atoms with Gasteiger partial charge in [0.15, 0.2) is 11.0 Å². The Labute approximate surface area is 208 Å². The maximum atomic E-state index is 13.0. The molecule has 186 valence electrons. The van der Waals surface area contributed by atoms with Crippen molar-refractivity contribution in [3.8, 4) is 5.75 Å². The van der Waals surface area contributed by atoms with Crippen LogP contribution >= 0.6 is 11.8 Å². The molecule has 0 atom stereocenters. The number of hydrogen-bond acceptors (Lipinski definition) is 6. The summed E-state index contributed by atoms with van der Waals surface area (Å²) in [6.07, 6.45) is 0.932.